The minimum atomic E-state index is -0.0921. The lowest BCUT2D eigenvalue weighted by Crippen LogP contribution is -2.31. The number of nitriles is 2. The van der Waals surface area contributed by atoms with Gasteiger partial charge in [-0.2, -0.15) is 10.5 Å². The summed E-state index contributed by atoms with van der Waals surface area (Å²) in [6.07, 6.45) is 8.28. The molecule has 0 bridgehead atoms. The van der Waals surface area contributed by atoms with Gasteiger partial charge in [-0.1, -0.05) is 14.4 Å². The molecule has 2 aromatic carbocycles. The summed E-state index contributed by atoms with van der Waals surface area (Å²) in [5.74, 6) is 0.766. The Labute approximate surface area is 240 Å². The highest BCUT2D eigenvalue weighted by atomic mass is 35.5. The Balaban J connectivity index is 0.000000210. The van der Waals surface area contributed by atoms with Crippen LogP contribution in [0.15, 0.2) is 46.0 Å². The van der Waals surface area contributed by atoms with Crippen LogP contribution in [0.25, 0.3) is 22.1 Å². The first-order valence-corrected chi connectivity index (χ1v) is 13.4. The smallest absolute Gasteiger partial charge is 0.326 e. The Kier molecular flexibility index (Phi) is 10.0. The summed E-state index contributed by atoms with van der Waals surface area (Å²) in [5, 5.41) is 17.8. The Hall–Kier alpha value is -3.79. The number of imidazole rings is 2. The van der Waals surface area contributed by atoms with Crippen molar-refractivity contribution in [3.05, 3.63) is 68.5 Å². The molecule has 0 amide bonds. The monoisotopic (exact) mass is 563 g/mol. The number of H-pyrrole nitrogens is 2. The van der Waals surface area contributed by atoms with Gasteiger partial charge in [-0.25, -0.2) is 9.59 Å². The van der Waals surface area contributed by atoms with E-state index >= 15 is 0 Å². The molecule has 10 heteroatoms. The van der Waals surface area contributed by atoms with Crippen LogP contribution in [-0.4, -0.2) is 25.1 Å². The lowest BCUT2D eigenvalue weighted by molar-refractivity contribution is 0.290. The van der Waals surface area contributed by atoms with Gasteiger partial charge in [0.15, 0.2) is 0 Å². The number of nitrogens with zero attached hydrogens (tertiary/aromatic N) is 4. The molecule has 9 nitrogen and oxygen atoms in total. The fraction of sp³-hybridized carbons (Fsp3) is 0.467. The molecular weight excluding hydrogens is 526 g/mol. The van der Waals surface area contributed by atoms with Crippen LogP contribution >= 0.6 is 12.4 Å². The van der Waals surface area contributed by atoms with E-state index in [-0.39, 0.29) is 43.3 Å². The average Bonchev–Trinajstić information content (AvgIpc) is 3.43. The molecule has 0 aliphatic heterocycles. The van der Waals surface area contributed by atoms with Crippen LogP contribution in [0.2, 0.25) is 0 Å². The van der Waals surface area contributed by atoms with Gasteiger partial charge < -0.3 is 15.7 Å². The zero-order valence-corrected chi connectivity index (χ0v) is 22.8. The predicted molar refractivity (Wildman–Crippen MR) is 161 cm³/mol. The standard InChI is InChI=1S/C15H17N3O.C14H16N4O.CH4.ClH/c1-10-2-5-12(6-3-10)18-14-7-4-11(9-16)8-13(14)17-15(18)19;15-8-9-1-6-13-12(7-9)17-14(19)18(13)11-4-2-10(16)3-5-11;;/h4,7-8,10,12H,2-3,5-6H2,1H3,(H,17,19);1,6-7,10-11H,2-5,16H2,(H,17,19);1H4;1H. The van der Waals surface area contributed by atoms with Gasteiger partial charge in [0.1, 0.15) is 0 Å². The van der Waals surface area contributed by atoms with Gasteiger partial charge in [0.05, 0.1) is 45.3 Å². The molecule has 2 aliphatic carbocycles. The minimum absolute atomic E-state index is 0. The van der Waals surface area contributed by atoms with Gasteiger partial charge in [-0.15, -0.1) is 12.4 Å². The normalized spacial score (nSPS) is 22.2. The van der Waals surface area contributed by atoms with Crippen LogP contribution in [0.4, 0.5) is 0 Å². The number of hydrogen-bond acceptors (Lipinski definition) is 5. The number of nitrogens with one attached hydrogen (secondary N) is 2. The van der Waals surface area contributed by atoms with E-state index in [1.165, 1.54) is 12.8 Å². The Morgan fingerprint density at radius 2 is 1.15 bits per heavy atom. The number of aromatic amines is 2. The second-order valence-corrected chi connectivity index (χ2v) is 10.8. The number of nitrogens with two attached hydrogens (primary N) is 1. The number of halogens is 1. The van der Waals surface area contributed by atoms with Crippen molar-refractivity contribution in [2.45, 2.75) is 83.8 Å². The van der Waals surface area contributed by atoms with Gasteiger partial charge in [-0.05, 0) is 93.7 Å². The van der Waals surface area contributed by atoms with Crippen LogP contribution < -0.4 is 17.1 Å². The molecule has 2 fully saturated rings. The first-order valence-electron chi connectivity index (χ1n) is 13.4. The van der Waals surface area contributed by atoms with Crippen molar-refractivity contribution in [3.8, 4) is 12.1 Å². The third-order valence-corrected chi connectivity index (χ3v) is 8.15. The highest BCUT2D eigenvalue weighted by Crippen LogP contribution is 2.33. The van der Waals surface area contributed by atoms with E-state index in [2.05, 4.69) is 29.0 Å². The number of benzene rings is 2. The fourth-order valence-electron chi connectivity index (χ4n) is 5.99. The van der Waals surface area contributed by atoms with Gasteiger partial charge in [0, 0.05) is 18.1 Å². The van der Waals surface area contributed by atoms with Crippen LogP contribution in [0.3, 0.4) is 0 Å². The van der Waals surface area contributed by atoms with E-state index in [0.717, 1.165) is 66.5 Å². The number of aromatic nitrogens is 4. The molecular formula is C30H38ClN7O2. The topological polar surface area (TPSA) is 149 Å². The van der Waals surface area contributed by atoms with Crippen molar-refractivity contribution in [3.63, 3.8) is 0 Å². The summed E-state index contributed by atoms with van der Waals surface area (Å²) in [6.45, 7) is 2.27. The maximum Gasteiger partial charge on any atom is 0.326 e. The van der Waals surface area contributed by atoms with Crippen molar-refractivity contribution >= 4 is 34.5 Å². The second kappa shape index (κ2) is 13.0. The largest absolute Gasteiger partial charge is 0.328 e. The summed E-state index contributed by atoms with van der Waals surface area (Å²) >= 11 is 0. The SMILES string of the molecule is C.CC1CCC(n2c(=O)[nH]c3cc(C#N)ccc32)CC1.Cl.N#Cc1ccc2c(c1)[nH]c(=O)n2C1CCC(N)CC1. The summed E-state index contributed by atoms with van der Waals surface area (Å²) in [5.41, 5.74) is 10.2. The molecule has 4 aromatic rings. The van der Waals surface area contributed by atoms with Crippen molar-refractivity contribution in [1.82, 2.24) is 19.1 Å². The van der Waals surface area contributed by atoms with Crippen molar-refractivity contribution in [2.24, 2.45) is 11.7 Å². The van der Waals surface area contributed by atoms with Crippen LogP contribution in [0.5, 0.6) is 0 Å². The predicted octanol–water partition coefficient (Wildman–Crippen LogP) is 5.65. The summed E-state index contributed by atoms with van der Waals surface area (Å²) in [7, 11) is 0. The lowest BCUT2D eigenvalue weighted by Gasteiger charge is -2.27. The lowest BCUT2D eigenvalue weighted by atomic mass is 9.87. The Morgan fingerprint density at radius 3 is 1.55 bits per heavy atom. The summed E-state index contributed by atoms with van der Waals surface area (Å²) in [6, 6.07) is 15.7. The van der Waals surface area contributed by atoms with Crippen LogP contribution in [0, 0.1) is 28.6 Å². The number of hydrogen-bond donors (Lipinski definition) is 3. The molecule has 2 aromatic heterocycles. The van der Waals surface area contributed by atoms with Crippen molar-refractivity contribution in [2.75, 3.05) is 0 Å². The molecule has 0 radical (unpaired) electrons. The summed E-state index contributed by atoms with van der Waals surface area (Å²) < 4.78 is 3.70. The molecule has 2 heterocycles. The van der Waals surface area contributed by atoms with E-state index in [4.69, 9.17) is 16.3 Å². The molecule has 0 atom stereocenters. The molecule has 0 spiro atoms. The molecule has 2 aliphatic rings. The maximum atomic E-state index is 12.1. The van der Waals surface area contributed by atoms with Gasteiger partial charge in [0.25, 0.3) is 0 Å². The second-order valence-electron chi connectivity index (χ2n) is 10.8. The summed E-state index contributed by atoms with van der Waals surface area (Å²) in [4.78, 5) is 30.0. The quantitative estimate of drug-likeness (QED) is 0.288. The highest BCUT2D eigenvalue weighted by Gasteiger charge is 2.24. The third-order valence-electron chi connectivity index (χ3n) is 8.15. The zero-order valence-electron chi connectivity index (χ0n) is 22.0. The molecule has 6 rings (SSSR count). The molecule has 40 heavy (non-hydrogen) atoms. The molecule has 0 unspecified atom stereocenters. The first-order chi connectivity index (χ1) is 18.4. The van der Waals surface area contributed by atoms with E-state index in [9.17, 15) is 9.59 Å². The molecule has 2 saturated carbocycles. The van der Waals surface area contributed by atoms with Gasteiger partial charge >= 0.3 is 11.4 Å². The van der Waals surface area contributed by atoms with Crippen LogP contribution in [-0.2, 0) is 0 Å². The Morgan fingerprint density at radius 1 is 0.750 bits per heavy atom. The molecule has 0 saturated heterocycles. The number of rotatable bonds is 2. The van der Waals surface area contributed by atoms with Gasteiger partial charge in [0.2, 0.25) is 0 Å². The van der Waals surface area contributed by atoms with Crippen molar-refractivity contribution in [1.29, 1.82) is 10.5 Å². The fourth-order valence-corrected chi connectivity index (χ4v) is 5.99. The average molecular weight is 564 g/mol. The van der Waals surface area contributed by atoms with Crippen LogP contribution in [0.1, 0.15) is 88.9 Å². The molecule has 4 N–H and O–H groups in total. The maximum absolute atomic E-state index is 12.1. The third kappa shape index (κ3) is 6.17. The van der Waals surface area contributed by atoms with E-state index in [0.29, 0.717) is 17.2 Å². The van der Waals surface area contributed by atoms with Crippen molar-refractivity contribution < 1.29 is 0 Å². The van der Waals surface area contributed by atoms with E-state index < -0.39 is 0 Å². The van der Waals surface area contributed by atoms with Gasteiger partial charge in [-0.3, -0.25) is 9.13 Å². The number of fused-ring (bicyclic) bond motifs is 2. The molecule has 212 valence electrons. The van der Waals surface area contributed by atoms with E-state index in [1.54, 1.807) is 24.3 Å². The van der Waals surface area contributed by atoms with E-state index in [1.807, 2.05) is 21.3 Å². The minimum Gasteiger partial charge on any atom is -0.328 e. The first kappa shape index (κ1) is 30.7. The zero-order chi connectivity index (χ0) is 26.8. The highest BCUT2D eigenvalue weighted by molar-refractivity contribution is 5.85. The Bertz CT molecular complexity index is 1530.